The number of hydrogen-bond donors (Lipinski definition) is 0. The molecule has 2 saturated heterocycles. The Balaban J connectivity index is 1.10. The fraction of sp³-hybridized carbons (Fsp3) is 0.447. The highest BCUT2D eigenvalue weighted by Crippen LogP contribution is 2.37. The molecule has 0 aliphatic carbocycles. The molecule has 50 heavy (non-hydrogen) atoms. The lowest BCUT2D eigenvalue weighted by Gasteiger charge is -2.38. The van der Waals surface area contributed by atoms with Crippen LogP contribution >= 0.6 is 0 Å². The van der Waals surface area contributed by atoms with E-state index in [0.717, 1.165) is 70.8 Å². The zero-order valence-electron chi connectivity index (χ0n) is 28.6. The normalized spacial score (nSPS) is 18.2. The molecule has 1 amide bonds. The van der Waals surface area contributed by atoms with E-state index in [-0.39, 0.29) is 19.5 Å². The number of nitrogens with zero attached hydrogens (tertiary/aromatic N) is 6. The highest BCUT2D eigenvalue weighted by atomic mass is 19.1. The number of carbonyl (C=O) groups is 1. The van der Waals surface area contributed by atoms with Crippen LogP contribution in [0.15, 0.2) is 66.7 Å². The molecule has 4 heterocycles. The first-order valence-electron chi connectivity index (χ1n) is 17.5. The van der Waals surface area contributed by atoms with Crippen LogP contribution in [0.1, 0.15) is 29.7 Å². The number of likely N-dealkylation sites (tertiary alicyclic amines) is 1. The number of alkyl halides is 1. The van der Waals surface area contributed by atoms with Crippen LogP contribution in [-0.4, -0.2) is 105 Å². The molecule has 3 aliphatic rings. The molecule has 1 atom stereocenters. The van der Waals surface area contributed by atoms with Gasteiger partial charge in [-0.25, -0.2) is 9.18 Å². The Kier molecular flexibility index (Phi) is 10.7. The first-order chi connectivity index (χ1) is 24.5. The monoisotopic (exact) mass is 684 g/mol. The van der Waals surface area contributed by atoms with Crippen LogP contribution in [0.5, 0.6) is 11.8 Å². The van der Waals surface area contributed by atoms with Crippen molar-refractivity contribution in [3.05, 3.63) is 83.6 Å². The summed E-state index contributed by atoms with van der Waals surface area (Å²) in [7, 11) is 1.61. The van der Waals surface area contributed by atoms with E-state index in [1.807, 2.05) is 42.5 Å². The van der Waals surface area contributed by atoms with Gasteiger partial charge in [0.1, 0.15) is 31.0 Å². The zero-order chi connectivity index (χ0) is 34.3. The van der Waals surface area contributed by atoms with Gasteiger partial charge in [0, 0.05) is 75.6 Å². The van der Waals surface area contributed by atoms with Gasteiger partial charge in [0.15, 0.2) is 6.79 Å². The van der Waals surface area contributed by atoms with Crippen LogP contribution in [0.3, 0.4) is 0 Å². The maximum atomic E-state index is 14.0. The number of amides is 1. The third kappa shape index (κ3) is 8.03. The van der Waals surface area contributed by atoms with Crippen LogP contribution in [0.25, 0.3) is 10.8 Å². The highest BCUT2D eigenvalue weighted by Gasteiger charge is 2.30. The minimum atomic E-state index is -0.787. The smallest absolute Gasteiger partial charge is 0.410 e. The molecule has 11 nitrogen and oxygen atoms in total. The van der Waals surface area contributed by atoms with Crippen molar-refractivity contribution in [3.63, 3.8) is 0 Å². The van der Waals surface area contributed by atoms with Crippen LogP contribution in [0.4, 0.5) is 20.7 Å². The lowest BCUT2D eigenvalue weighted by atomic mass is 10.0. The fourth-order valence-electron chi connectivity index (χ4n) is 7.04. The predicted octanol–water partition coefficient (Wildman–Crippen LogP) is 5.45. The SMILES string of the molecule is COCOc1cc(N2CCc3c(nc(OCCN4CCC[C@@H](F)C4)nc3N3CCN(C(=O)OCc4ccccc4)CC3)C2)c2ccccc2c1. The molecule has 3 aliphatic heterocycles. The molecule has 0 saturated carbocycles. The highest BCUT2D eigenvalue weighted by molar-refractivity contribution is 5.95. The van der Waals surface area contributed by atoms with Gasteiger partial charge in [-0.3, -0.25) is 4.90 Å². The van der Waals surface area contributed by atoms with E-state index in [4.69, 9.17) is 28.9 Å². The Hall–Kier alpha value is -4.68. The molecule has 12 heteroatoms. The maximum Gasteiger partial charge on any atom is 0.410 e. The number of piperazine rings is 1. The first-order valence-corrected chi connectivity index (χ1v) is 17.5. The summed E-state index contributed by atoms with van der Waals surface area (Å²) in [4.78, 5) is 31.3. The van der Waals surface area contributed by atoms with Crippen LogP contribution < -0.4 is 19.3 Å². The lowest BCUT2D eigenvalue weighted by molar-refractivity contribution is 0.0512. The summed E-state index contributed by atoms with van der Waals surface area (Å²) in [6.45, 7) is 6.32. The van der Waals surface area contributed by atoms with Crippen molar-refractivity contribution in [2.24, 2.45) is 0 Å². The second-order valence-electron chi connectivity index (χ2n) is 13.0. The van der Waals surface area contributed by atoms with E-state index in [1.54, 1.807) is 12.0 Å². The molecule has 2 fully saturated rings. The molecule has 4 aromatic rings. The third-order valence-electron chi connectivity index (χ3n) is 9.65. The summed E-state index contributed by atoms with van der Waals surface area (Å²) >= 11 is 0. The van der Waals surface area contributed by atoms with Crippen molar-refractivity contribution in [2.75, 3.05) is 82.7 Å². The van der Waals surface area contributed by atoms with Gasteiger partial charge in [0.25, 0.3) is 0 Å². The standard InChI is InChI=1S/C38H45FN6O5/c1-47-27-50-31-22-29-10-5-6-12-32(29)35(23-31)45-15-13-33-34(25-45)40-37(48-21-20-42-14-7-11-30(39)24-42)41-36(33)43-16-18-44(19-17-43)38(46)49-26-28-8-3-2-4-9-28/h2-6,8-10,12,22-23,30H,7,11,13-21,24-27H2,1H3/t30-/m1/s1. The number of aromatic nitrogens is 2. The maximum absolute atomic E-state index is 14.0. The number of ether oxygens (including phenoxy) is 4. The van der Waals surface area contributed by atoms with Crippen molar-refractivity contribution in [2.45, 2.75) is 38.6 Å². The number of halogens is 1. The van der Waals surface area contributed by atoms with E-state index < -0.39 is 6.17 Å². The number of carbonyl (C=O) groups excluding carboxylic acids is 1. The summed E-state index contributed by atoms with van der Waals surface area (Å²) in [6, 6.07) is 22.4. The number of hydrogen-bond acceptors (Lipinski definition) is 10. The number of anilines is 2. The largest absolute Gasteiger partial charge is 0.467 e. The van der Waals surface area contributed by atoms with Gasteiger partial charge in [-0.1, -0.05) is 54.6 Å². The Bertz CT molecular complexity index is 1750. The van der Waals surface area contributed by atoms with Crippen LogP contribution in [-0.2, 0) is 29.0 Å². The second-order valence-corrected chi connectivity index (χ2v) is 13.0. The number of benzene rings is 3. The zero-order valence-corrected chi connectivity index (χ0v) is 28.6. The Labute approximate surface area is 292 Å². The second kappa shape index (κ2) is 15.9. The van der Waals surface area contributed by atoms with Gasteiger partial charge >= 0.3 is 12.1 Å². The molecular weight excluding hydrogens is 639 g/mol. The number of piperidine rings is 1. The number of rotatable bonds is 11. The molecule has 7 rings (SSSR count). The van der Waals surface area contributed by atoms with Gasteiger partial charge in [0.2, 0.25) is 0 Å². The molecule has 0 unspecified atom stereocenters. The van der Waals surface area contributed by atoms with Crippen LogP contribution in [0.2, 0.25) is 0 Å². The summed E-state index contributed by atoms with van der Waals surface area (Å²) in [5, 5.41) is 2.22. The van der Waals surface area contributed by atoms with E-state index in [0.29, 0.717) is 64.9 Å². The summed E-state index contributed by atoms with van der Waals surface area (Å²) in [5.74, 6) is 1.60. The van der Waals surface area contributed by atoms with E-state index >= 15 is 0 Å². The first kappa shape index (κ1) is 33.8. The van der Waals surface area contributed by atoms with Crippen LogP contribution in [0, 0.1) is 0 Å². The van der Waals surface area contributed by atoms with Crippen molar-refractivity contribution in [1.29, 1.82) is 0 Å². The van der Waals surface area contributed by atoms with Gasteiger partial charge in [-0.05, 0) is 42.8 Å². The summed E-state index contributed by atoms with van der Waals surface area (Å²) < 4.78 is 36.9. The number of fused-ring (bicyclic) bond motifs is 2. The van der Waals surface area contributed by atoms with E-state index in [1.165, 1.54) is 0 Å². The molecule has 264 valence electrons. The summed E-state index contributed by atoms with van der Waals surface area (Å²) in [5.41, 5.74) is 4.04. The average Bonchev–Trinajstić information content (AvgIpc) is 3.15. The molecule has 0 bridgehead atoms. The van der Waals surface area contributed by atoms with E-state index in [2.05, 4.69) is 39.0 Å². The fourth-order valence-corrected chi connectivity index (χ4v) is 7.04. The van der Waals surface area contributed by atoms with E-state index in [9.17, 15) is 9.18 Å². The Morgan fingerprint density at radius 1 is 0.920 bits per heavy atom. The van der Waals surface area contributed by atoms with Crippen molar-refractivity contribution < 1.29 is 28.1 Å². The molecular formula is C38H45FN6O5. The Morgan fingerprint density at radius 3 is 2.56 bits per heavy atom. The Morgan fingerprint density at radius 2 is 1.74 bits per heavy atom. The molecule has 1 aromatic heterocycles. The quantitative estimate of drug-likeness (QED) is 0.190. The van der Waals surface area contributed by atoms with Gasteiger partial charge in [0.05, 0.1) is 12.2 Å². The third-order valence-corrected chi connectivity index (χ3v) is 9.65. The van der Waals surface area contributed by atoms with Crippen molar-refractivity contribution in [1.82, 2.24) is 19.8 Å². The minimum absolute atomic E-state index is 0.166. The van der Waals surface area contributed by atoms with Crippen molar-refractivity contribution >= 4 is 28.4 Å². The van der Waals surface area contributed by atoms with Gasteiger partial charge in [-0.15, -0.1) is 0 Å². The minimum Gasteiger partial charge on any atom is -0.467 e. The van der Waals surface area contributed by atoms with Gasteiger partial charge < -0.3 is 33.6 Å². The average molecular weight is 685 g/mol. The molecule has 0 spiro atoms. The lowest BCUT2D eigenvalue weighted by Crippen LogP contribution is -2.49. The number of methoxy groups -OCH3 is 1. The summed E-state index contributed by atoms with van der Waals surface area (Å²) in [6.07, 6.45) is 1.13. The van der Waals surface area contributed by atoms with Gasteiger partial charge in [-0.2, -0.15) is 9.97 Å². The topological polar surface area (TPSA) is 92.7 Å². The molecule has 0 N–H and O–H groups in total. The van der Waals surface area contributed by atoms with Crippen molar-refractivity contribution in [3.8, 4) is 11.8 Å². The molecule has 3 aromatic carbocycles. The molecule has 0 radical (unpaired) electrons. The predicted molar refractivity (Wildman–Crippen MR) is 190 cm³/mol.